The van der Waals surface area contributed by atoms with Gasteiger partial charge in [-0.25, -0.2) is 0 Å². The van der Waals surface area contributed by atoms with Gasteiger partial charge in [0, 0.05) is 35.3 Å². The third kappa shape index (κ3) is 3.94. The molecule has 1 saturated heterocycles. The molecule has 6 heteroatoms. The van der Waals surface area contributed by atoms with E-state index in [0.29, 0.717) is 11.6 Å². The Kier molecular flexibility index (Phi) is 5.45. The van der Waals surface area contributed by atoms with Crippen LogP contribution < -0.4 is 5.32 Å². The maximum atomic E-state index is 6.29. The molecule has 4 nitrogen and oxygen atoms in total. The Morgan fingerprint density at radius 1 is 0.935 bits per heavy atom. The van der Waals surface area contributed by atoms with E-state index in [-0.39, 0.29) is 12.1 Å². The molecule has 154 valence electrons. The Labute approximate surface area is 192 Å². The van der Waals surface area contributed by atoms with E-state index in [1.807, 2.05) is 48.7 Å². The van der Waals surface area contributed by atoms with Crippen LogP contribution in [0.15, 0.2) is 97.3 Å². The maximum Gasteiger partial charge on any atom is 0.170 e. The fourth-order valence-corrected chi connectivity index (χ4v) is 4.66. The number of nitrogens with zero attached hydrogens (tertiary/aromatic N) is 3. The minimum Gasteiger partial charge on any atom is -0.352 e. The first-order valence-electron chi connectivity index (χ1n) is 10.2. The highest BCUT2D eigenvalue weighted by molar-refractivity contribution is 7.80. The van der Waals surface area contributed by atoms with Crippen molar-refractivity contribution in [3.63, 3.8) is 0 Å². The number of aromatic nitrogens is 2. The summed E-state index contributed by atoms with van der Waals surface area (Å²) in [6, 6.07) is 28.4. The van der Waals surface area contributed by atoms with Crippen molar-refractivity contribution in [3.8, 4) is 5.69 Å². The highest BCUT2D eigenvalue weighted by atomic mass is 35.5. The Hall–Kier alpha value is -3.15. The molecule has 2 aromatic heterocycles. The van der Waals surface area contributed by atoms with Crippen molar-refractivity contribution in [1.82, 2.24) is 19.8 Å². The van der Waals surface area contributed by atoms with E-state index in [0.717, 1.165) is 22.2 Å². The molecule has 0 saturated carbocycles. The van der Waals surface area contributed by atoms with Crippen molar-refractivity contribution in [1.29, 1.82) is 0 Å². The minimum absolute atomic E-state index is 0.0309. The third-order valence-corrected chi connectivity index (χ3v) is 6.15. The van der Waals surface area contributed by atoms with Crippen molar-refractivity contribution < 1.29 is 0 Å². The van der Waals surface area contributed by atoms with Crippen LogP contribution in [0.3, 0.4) is 0 Å². The van der Waals surface area contributed by atoms with Gasteiger partial charge in [0.05, 0.1) is 17.8 Å². The number of rotatable bonds is 5. The van der Waals surface area contributed by atoms with Gasteiger partial charge in [0.1, 0.15) is 0 Å². The molecule has 2 atom stereocenters. The highest BCUT2D eigenvalue weighted by Gasteiger charge is 2.41. The zero-order valence-corrected chi connectivity index (χ0v) is 18.3. The van der Waals surface area contributed by atoms with E-state index >= 15 is 0 Å². The molecule has 5 rings (SSSR count). The first-order chi connectivity index (χ1) is 15.2. The van der Waals surface area contributed by atoms with Crippen LogP contribution in [0.2, 0.25) is 5.02 Å². The monoisotopic (exact) mass is 444 g/mol. The standard InChI is InChI=1S/C25H21ClN4S/c26-19-10-6-11-20(16-19)29-15-7-13-22(29)24-23(21-12-4-5-14-27-21)28-25(31)30(24)17-18-8-2-1-3-9-18/h1-16,23-24H,17H2,(H,28,31)/t23-,24-/m0/s1. The molecule has 0 amide bonds. The van der Waals surface area contributed by atoms with Crippen molar-refractivity contribution in [2.45, 2.75) is 18.6 Å². The summed E-state index contributed by atoms with van der Waals surface area (Å²) in [4.78, 5) is 6.88. The molecule has 0 unspecified atom stereocenters. The number of hydrogen-bond donors (Lipinski definition) is 1. The average Bonchev–Trinajstić information content (AvgIpc) is 3.40. The molecule has 2 aromatic carbocycles. The van der Waals surface area contributed by atoms with Crippen molar-refractivity contribution in [3.05, 3.63) is 119 Å². The van der Waals surface area contributed by atoms with Crippen LogP contribution in [-0.4, -0.2) is 19.6 Å². The van der Waals surface area contributed by atoms with Crippen LogP contribution in [0.1, 0.15) is 29.0 Å². The van der Waals surface area contributed by atoms with Gasteiger partial charge in [0.25, 0.3) is 0 Å². The lowest BCUT2D eigenvalue weighted by Gasteiger charge is -2.29. The first-order valence-corrected chi connectivity index (χ1v) is 10.9. The Morgan fingerprint density at radius 2 is 1.77 bits per heavy atom. The van der Waals surface area contributed by atoms with E-state index in [9.17, 15) is 0 Å². The lowest BCUT2D eigenvalue weighted by molar-refractivity contribution is 0.302. The van der Waals surface area contributed by atoms with Crippen LogP contribution >= 0.6 is 23.8 Å². The number of hydrogen-bond acceptors (Lipinski definition) is 2. The molecule has 0 spiro atoms. The molecule has 31 heavy (non-hydrogen) atoms. The lowest BCUT2D eigenvalue weighted by atomic mass is 10.0. The Balaban J connectivity index is 1.61. The third-order valence-electron chi connectivity index (χ3n) is 5.56. The lowest BCUT2D eigenvalue weighted by Crippen LogP contribution is -2.30. The topological polar surface area (TPSA) is 33.1 Å². The van der Waals surface area contributed by atoms with Gasteiger partial charge in [-0.2, -0.15) is 0 Å². The van der Waals surface area contributed by atoms with Gasteiger partial charge in [0.2, 0.25) is 0 Å². The Bertz CT molecular complexity index is 1190. The summed E-state index contributed by atoms with van der Waals surface area (Å²) in [6.45, 7) is 0.710. The van der Waals surface area contributed by atoms with E-state index in [1.54, 1.807) is 0 Å². The molecule has 1 N–H and O–H groups in total. The zero-order chi connectivity index (χ0) is 21.2. The summed E-state index contributed by atoms with van der Waals surface area (Å²) in [5, 5.41) is 4.96. The van der Waals surface area contributed by atoms with Crippen molar-refractivity contribution in [2.24, 2.45) is 0 Å². The van der Waals surface area contributed by atoms with Crippen molar-refractivity contribution in [2.75, 3.05) is 0 Å². The highest BCUT2D eigenvalue weighted by Crippen LogP contribution is 2.40. The Morgan fingerprint density at radius 3 is 2.55 bits per heavy atom. The summed E-state index contributed by atoms with van der Waals surface area (Å²) in [5.41, 5.74) is 4.31. The van der Waals surface area contributed by atoms with E-state index < -0.39 is 0 Å². The average molecular weight is 445 g/mol. The molecular formula is C25H21ClN4S. The molecule has 1 aliphatic rings. The fourth-order valence-electron chi connectivity index (χ4n) is 4.17. The first kappa shape index (κ1) is 19.8. The second kappa shape index (κ2) is 8.53. The van der Waals surface area contributed by atoms with Crippen LogP contribution in [0.4, 0.5) is 0 Å². The van der Waals surface area contributed by atoms with Crippen molar-refractivity contribution >= 4 is 28.9 Å². The second-order valence-electron chi connectivity index (χ2n) is 7.52. The SMILES string of the molecule is S=C1N[C@@H](c2ccccn2)[C@H](c2cccn2-c2cccc(Cl)c2)N1Cc1ccccc1. The van der Waals surface area contributed by atoms with Gasteiger partial charge in [-0.3, -0.25) is 4.98 Å². The van der Waals surface area contributed by atoms with E-state index in [4.69, 9.17) is 23.8 Å². The zero-order valence-electron chi connectivity index (χ0n) is 16.7. The van der Waals surface area contributed by atoms with Crippen LogP contribution in [-0.2, 0) is 6.54 Å². The van der Waals surface area contributed by atoms with Gasteiger partial charge in [-0.1, -0.05) is 54.1 Å². The molecule has 4 aromatic rings. The molecule has 0 radical (unpaired) electrons. The molecular weight excluding hydrogens is 424 g/mol. The molecule has 0 aliphatic carbocycles. The molecule has 3 heterocycles. The predicted octanol–water partition coefficient (Wildman–Crippen LogP) is 5.70. The number of nitrogens with one attached hydrogen (secondary N) is 1. The van der Waals surface area contributed by atoms with Crippen LogP contribution in [0.25, 0.3) is 5.69 Å². The minimum atomic E-state index is -0.0646. The number of halogens is 1. The van der Waals surface area contributed by atoms with E-state index in [1.165, 1.54) is 5.56 Å². The molecule has 1 aliphatic heterocycles. The second-order valence-corrected chi connectivity index (χ2v) is 8.35. The summed E-state index contributed by atoms with van der Waals surface area (Å²) < 4.78 is 2.18. The number of pyridine rings is 1. The van der Waals surface area contributed by atoms with Gasteiger partial charge >= 0.3 is 0 Å². The number of benzene rings is 2. The van der Waals surface area contributed by atoms with Gasteiger partial charge in [0.15, 0.2) is 5.11 Å². The molecule has 1 fully saturated rings. The van der Waals surface area contributed by atoms with Gasteiger partial charge < -0.3 is 14.8 Å². The van der Waals surface area contributed by atoms with Crippen LogP contribution in [0.5, 0.6) is 0 Å². The summed E-state index contributed by atoms with van der Waals surface area (Å²) in [6.07, 6.45) is 3.89. The molecule has 0 bridgehead atoms. The normalized spacial score (nSPS) is 18.2. The summed E-state index contributed by atoms with van der Waals surface area (Å²) in [7, 11) is 0. The number of thiocarbonyl (C=S) groups is 1. The predicted molar refractivity (Wildman–Crippen MR) is 128 cm³/mol. The quantitative estimate of drug-likeness (QED) is 0.400. The van der Waals surface area contributed by atoms with E-state index in [2.05, 4.69) is 68.4 Å². The summed E-state index contributed by atoms with van der Waals surface area (Å²) in [5.74, 6) is 0. The van der Waals surface area contributed by atoms with Gasteiger partial charge in [-0.05, 0) is 60.2 Å². The van der Waals surface area contributed by atoms with Gasteiger partial charge in [-0.15, -0.1) is 0 Å². The maximum absolute atomic E-state index is 6.29. The fraction of sp³-hybridized carbons (Fsp3) is 0.120. The largest absolute Gasteiger partial charge is 0.352 e. The summed E-state index contributed by atoms with van der Waals surface area (Å²) >= 11 is 12.1. The van der Waals surface area contributed by atoms with Crippen LogP contribution in [0, 0.1) is 0 Å². The smallest absolute Gasteiger partial charge is 0.170 e.